The molecule has 0 aliphatic carbocycles. The predicted octanol–water partition coefficient (Wildman–Crippen LogP) is 1.43. The van der Waals surface area contributed by atoms with Crippen LogP contribution in [-0.2, 0) is 4.79 Å². The Kier molecular flexibility index (Phi) is 4.70. The first-order valence-electron chi connectivity index (χ1n) is 6.59. The highest BCUT2D eigenvalue weighted by molar-refractivity contribution is 5.66. The Morgan fingerprint density at radius 2 is 1.81 bits per heavy atom. The fourth-order valence-electron chi connectivity index (χ4n) is 2.38. The number of rotatable bonds is 4. The van der Waals surface area contributed by atoms with Gasteiger partial charge in [0, 0.05) is 32.7 Å². The molecule has 0 spiro atoms. The van der Waals surface area contributed by atoms with Crippen molar-refractivity contribution in [3.05, 3.63) is 29.3 Å². The lowest BCUT2D eigenvalue weighted by atomic mass is 10.1. The monoisotopic (exact) mass is 295 g/mol. The summed E-state index contributed by atoms with van der Waals surface area (Å²) in [4.78, 5) is 14.0. The van der Waals surface area contributed by atoms with Crippen molar-refractivity contribution in [2.45, 2.75) is 6.42 Å². The van der Waals surface area contributed by atoms with Gasteiger partial charge in [-0.15, -0.1) is 0 Å². The molecule has 2 rings (SSSR count). The van der Waals surface area contributed by atoms with E-state index in [9.17, 15) is 13.6 Å². The van der Waals surface area contributed by atoms with Crippen LogP contribution in [0.25, 0.3) is 0 Å². The number of nitrogens with zero attached hydrogens (tertiary/aromatic N) is 3. The first-order chi connectivity index (χ1) is 10.0. The molecule has 1 heterocycles. The molecular weight excluding hydrogens is 280 g/mol. The first-order valence-corrected chi connectivity index (χ1v) is 6.59. The third-order valence-corrected chi connectivity index (χ3v) is 3.48. The van der Waals surface area contributed by atoms with Crippen molar-refractivity contribution in [3.8, 4) is 6.07 Å². The number of carboxylic acid groups (broad SMARTS) is 1. The largest absolute Gasteiger partial charge is 0.481 e. The lowest BCUT2D eigenvalue weighted by molar-refractivity contribution is -0.137. The third-order valence-electron chi connectivity index (χ3n) is 3.48. The van der Waals surface area contributed by atoms with Crippen molar-refractivity contribution >= 4 is 11.7 Å². The molecule has 1 aliphatic heterocycles. The van der Waals surface area contributed by atoms with Gasteiger partial charge >= 0.3 is 5.97 Å². The Bertz CT molecular complexity index is 555. The van der Waals surface area contributed by atoms with Gasteiger partial charge in [-0.05, 0) is 12.1 Å². The molecule has 1 fully saturated rings. The van der Waals surface area contributed by atoms with Gasteiger partial charge in [-0.3, -0.25) is 9.69 Å². The maximum absolute atomic E-state index is 13.9. The van der Waals surface area contributed by atoms with Crippen LogP contribution in [0.3, 0.4) is 0 Å². The summed E-state index contributed by atoms with van der Waals surface area (Å²) in [6.07, 6.45) is 0.0551. The molecular formula is C14H15F2N3O2. The highest BCUT2D eigenvalue weighted by atomic mass is 19.1. The topological polar surface area (TPSA) is 67.6 Å². The number of benzene rings is 1. The number of carboxylic acids is 1. The lowest BCUT2D eigenvalue weighted by Crippen LogP contribution is -2.47. The average molecular weight is 295 g/mol. The van der Waals surface area contributed by atoms with E-state index < -0.39 is 17.6 Å². The van der Waals surface area contributed by atoms with Crippen molar-refractivity contribution in [2.75, 3.05) is 37.6 Å². The SMILES string of the molecule is N#Cc1cc(F)c(N2CCN(CCC(=O)O)CC2)c(F)c1. The zero-order valence-corrected chi connectivity index (χ0v) is 11.4. The number of hydrogen-bond acceptors (Lipinski definition) is 4. The van der Waals surface area contributed by atoms with Crippen LogP contribution in [-0.4, -0.2) is 48.7 Å². The van der Waals surface area contributed by atoms with Crippen molar-refractivity contribution in [2.24, 2.45) is 0 Å². The first kappa shape index (κ1) is 15.2. The van der Waals surface area contributed by atoms with Crippen molar-refractivity contribution in [3.63, 3.8) is 0 Å². The smallest absolute Gasteiger partial charge is 0.304 e. The Hall–Kier alpha value is -2.20. The van der Waals surface area contributed by atoms with Crippen LogP contribution in [0, 0.1) is 23.0 Å². The van der Waals surface area contributed by atoms with Crippen LogP contribution in [0.2, 0.25) is 0 Å². The van der Waals surface area contributed by atoms with Crippen LogP contribution in [0.5, 0.6) is 0 Å². The van der Waals surface area contributed by atoms with E-state index in [1.165, 1.54) is 0 Å². The number of anilines is 1. The molecule has 112 valence electrons. The molecule has 7 heteroatoms. The van der Waals surface area contributed by atoms with Gasteiger partial charge in [0.05, 0.1) is 18.1 Å². The molecule has 1 N–H and O–H groups in total. The zero-order chi connectivity index (χ0) is 15.4. The summed E-state index contributed by atoms with van der Waals surface area (Å²) in [5.74, 6) is -2.35. The highest BCUT2D eigenvalue weighted by Crippen LogP contribution is 2.25. The molecule has 1 aliphatic rings. The summed E-state index contributed by atoms with van der Waals surface area (Å²) in [5, 5.41) is 17.3. The van der Waals surface area contributed by atoms with Gasteiger partial charge in [0.1, 0.15) is 5.69 Å². The lowest BCUT2D eigenvalue weighted by Gasteiger charge is -2.36. The second-order valence-corrected chi connectivity index (χ2v) is 4.87. The summed E-state index contributed by atoms with van der Waals surface area (Å²) in [6.45, 7) is 2.36. The van der Waals surface area contributed by atoms with E-state index in [4.69, 9.17) is 10.4 Å². The minimum absolute atomic E-state index is 0.0474. The molecule has 0 radical (unpaired) electrons. The quantitative estimate of drug-likeness (QED) is 0.910. The number of hydrogen-bond donors (Lipinski definition) is 1. The van der Waals surface area contributed by atoms with Gasteiger partial charge < -0.3 is 10.0 Å². The predicted molar refractivity (Wildman–Crippen MR) is 72.0 cm³/mol. The standard InChI is InChI=1S/C14H15F2N3O2/c15-11-7-10(9-17)8-12(16)14(11)19-5-3-18(4-6-19)2-1-13(20)21/h7-8H,1-6H2,(H,20,21). The van der Waals surface area contributed by atoms with Gasteiger partial charge in [-0.1, -0.05) is 0 Å². The summed E-state index contributed by atoms with van der Waals surface area (Å²) in [5.41, 5.74) is -0.166. The number of piperazine rings is 1. The number of aliphatic carboxylic acids is 1. The van der Waals surface area contributed by atoms with Gasteiger partial charge in [-0.25, -0.2) is 8.78 Å². The Morgan fingerprint density at radius 3 is 2.29 bits per heavy atom. The second-order valence-electron chi connectivity index (χ2n) is 4.87. The molecule has 1 aromatic carbocycles. The minimum Gasteiger partial charge on any atom is -0.481 e. The third kappa shape index (κ3) is 3.67. The van der Waals surface area contributed by atoms with E-state index in [2.05, 4.69) is 0 Å². The van der Waals surface area contributed by atoms with Crippen molar-refractivity contribution in [1.82, 2.24) is 4.90 Å². The molecule has 0 unspecified atom stereocenters. The molecule has 0 amide bonds. The van der Waals surface area contributed by atoms with Crippen molar-refractivity contribution < 1.29 is 18.7 Å². The average Bonchev–Trinajstić information content (AvgIpc) is 2.45. The second kappa shape index (κ2) is 6.50. The molecule has 5 nitrogen and oxygen atoms in total. The number of carbonyl (C=O) groups is 1. The Labute approximate surface area is 121 Å². The molecule has 0 atom stereocenters. The molecule has 0 saturated carbocycles. The fourth-order valence-corrected chi connectivity index (χ4v) is 2.38. The minimum atomic E-state index is -0.860. The normalized spacial score (nSPS) is 15.8. The number of halogens is 2. The van der Waals surface area contributed by atoms with Gasteiger partial charge in [0.2, 0.25) is 0 Å². The summed E-state index contributed by atoms with van der Waals surface area (Å²) < 4.78 is 27.8. The van der Waals surface area contributed by atoms with Crippen LogP contribution < -0.4 is 4.90 Å². The molecule has 0 bridgehead atoms. The fraction of sp³-hybridized carbons (Fsp3) is 0.429. The summed E-state index contributed by atoms with van der Waals surface area (Å²) in [7, 11) is 0. The van der Waals surface area contributed by atoms with E-state index in [0.29, 0.717) is 32.7 Å². The summed E-state index contributed by atoms with van der Waals surface area (Å²) in [6, 6.07) is 3.76. The van der Waals surface area contributed by atoms with E-state index in [1.807, 2.05) is 4.90 Å². The van der Waals surface area contributed by atoms with Crippen LogP contribution >= 0.6 is 0 Å². The summed E-state index contributed by atoms with van der Waals surface area (Å²) >= 11 is 0. The van der Waals surface area contributed by atoms with Crippen LogP contribution in [0.1, 0.15) is 12.0 Å². The van der Waals surface area contributed by atoms with E-state index in [-0.39, 0.29) is 17.7 Å². The van der Waals surface area contributed by atoms with Gasteiger partial charge in [0.15, 0.2) is 11.6 Å². The molecule has 21 heavy (non-hydrogen) atoms. The molecule has 0 aromatic heterocycles. The maximum Gasteiger partial charge on any atom is 0.304 e. The number of nitriles is 1. The zero-order valence-electron chi connectivity index (χ0n) is 11.4. The van der Waals surface area contributed by atoms with E-state index in [1.54, 1.807) is 11.0 Å². The van der Waals surface area contributed by atoms with Crippen LogP contribution in [0.15, 0.2) is 12.1 Å². The van der Waals surface area contributed by atoms with Gasteiger partial charge in [0.25, 0.3) is 0 Å². The molecule has 1 aromatic rings. The Balaban J connectivity index is 2.03. The van der Waals surface area contributed by atoms with E-state index >= 15 is 0 Å². The maximum atomic E-state index is 13.9. The molecule has 1 saturated heterocycles. The van der Waals surface area contributed by atoms with Crippen molar-refractivity contribution in [1.29, 1.82) is 5.26 Å². The van der Waals surface area contributed by atoms with Gasteiger partial charge in [-0.2, -0.15) is 5.26 Å². The van der Waals surface area contributed by atoms with Crippen LogP contribution in [0.4, 0.5) is 14.5 Å². The van der Waals surface area contributed by atoms with E-state index in [0.717, 1.165) is 12.1 Å². The highest BCUT2D eigenvalue weighted by Gasteiger charge is 2.23. The Morgan fingerprint density at radius 1 is 1.24 bits per heavy atom.